The van der Waals surface area contributed by atoms with Gasteiger partial charge in [0.05, 0.1) is 62.0 Å². The van der Waals surface area contributed by atoms with Crippen molar-refractivity contribution >= 4 is 35.4 Å². The van der Waals surface area contributed by atoms with Gasteiger partial charge in [0.25, 0.3) is 11.8 Å². The number of nitrogens with zero attached hydrogens (tertiary/aromatic N) is 4. The first-order chi connectivity index (χ1) is 30.9. The molecule has 16 heteroatoms. The third kappa shape index (κ3) is 8.92. The summed E-state index contributed by atoms with van der Waals surface area (Å²) < 4.78 is 34.7. The number of hydrogen-bond donors (Lipinski definition) is 2. The minimum atomic E-state index is -1.49. The smallest absolute Gasteiger partial charge is 0.416 e. The Morgan fingerprint density at radius 1 is 0.719 bits per heavy atom. The standard InChI is InChI=1S/C48H52N4O12/c1-7-11-31-20-37-45(55)51(47(57)63-17-9-3)35-24-41(39(59-5)22-33(35)43(53)49(37)26-31)61-18-10-19-62-42-25-36-34(23-40(42)60-6)44(54)50-27-32(12-8-2)21-38(50)46(56)52(36)48(58)64-28-30-15-13-29(4)14-16-30/h7-9,11-16,22-27,37-38,45-46,55-56H,3,10,17-21,28H2,1-2,4-6H3/b11-7+,12-8+/t37-,38-,45-,46-/m0/s1. The van der Waals surface area contributed by atoms with Gasteiger partial charge in [-0.05, 0) is 62.5 Å². The third-order valence-electron chi connectivity index (χ3n) is 11.2. The molecule has 3 aromatic rings. The summed E-state index contributed by atoms with van der Waals surface area (Å²) in [5.74, 6) is -0.128. The molecule has 0 bridgehead atoms. The van der Waals surface area contributed by atoms with E-state index in [1.165, 1.54) is 54.4 Å². The van der Waals surface area contributed by atoms with Crippen LogP contribution in [0.2, 0.25) is 0 Å². The molecule has 0 fully saturated rings. The summed E-state index contributed by atoms with van der Waals surface area (Å²) in [6, 6.07) is 11.8. The number of rotatable bonds is 14. The van der Waals surface area contributed by atoms with Crippen molar-refractivity contribution in [3.8, 4) is 23.0 Å². The van der Waals surface area contributed by atoms with Crippen LogP contribution in [0.5, 0.6) is 23.0 Å². The van der Waals surface area contributed by atoms with Crippen LogP contribution in [0.25, 0.3) is 0 Å². The Kier molecular flexibility index (Phi) is 13.8. The van der Waals surface area contributed by atoms with Crippen LogP contribution >= 0.6 is 0 Å². The summed E-state index contributed by atoms with van der Waals surface area (Å²) in [6.07, 6.45) is 8.25. The van der Waals surface area contributed by atoms with Gasteiger partial charge in [0.15, 0.2) is 35.5 Å². The van der Waals surface area contributed by atoms with Crippen molar-refractivity contribution in [1.29, 1.82) is 0 Å². The average molecular weight is 877 g/mol. The van der Waals surface area contributed by atoms with Crippen LogP contribution in [0, 0.1) is 6.92 Å². The van der Waals surface area contributed by atoms with Gasteiger partial charge in [-0.25, -0.2) is 19.4 Å². The van der Waals surface area contributed by atoms with E-state index in [2.05, 4.69) is 6.58 Å². The van der Waals surface area contributed by atoms with Gasteiger partial charge in [0.1, 0.15) is 13.2 Å². The Balaban J connectivity index is 1.12. The number of aliphatic hydroxyl groups is 2. The molecule has 4 amide bonds. The van der Waals surface area contributed by atoms with Crippen molar-refractivity contribution in [2.24, 2.45) is 0 Å². The number of methoxy groups -OCH3 is 2. The Morgan fingerprint density at radius 2 is 1.19 bits per heavy atom. The van der Waals surface area contributed by atoms with E-state index in [9.17, 15) is 29.4 Å². The largest absolute Gasteiger partial charge is 0.493 e. The molecule has 0 saturated carbocycles. The van der Waals surface area contributed by atoms with E-state index >= 15 is 0 Å². The highest BCUT2D eigenvalue weighted by Gasteiger charge is 2.47. The van der Waals surface area contributed by atoms with Crippen LogP contribution in [-0.4, -0.2) is 103 Å². The first kappa shape index (κ1) is 45.0. The molecular formula is C48H52N4O12. The van der Waals surface area contributed by atoms with E-state index in [0.717, 1.165) is 32.1 Å². The molecule has 16 nitrogen and oxygen atoms in total. The number of aryl methyl sites for hydroxylation is 1. The monoisotopic (exact) mass is 876 g/mol. The van der Waals surface area contributed by atoms with E-state index in [4.69, 9.17) is 28.4 Å². The summed E-state index contributed by atoms with van der Waals surface area (Å²) in [6.45, 7) is 9.16. The van der Waals surface area contributed by atoms with Crippen molar-refractivity contribution < 1.29 is 57.8 Å². The van der Waals surface area contributed by atoms with Crippen LogP contribution in [-0.2, 0) is 16.1 Å². The van der Waals surface area contributed by atoms with Crippen LogP contribution < -0.4 is 28.7 Å². The molecule has 64 heavy (non-hydrogen) atoms. The SMILES string of the molecule is C=CCOC(=O)N1c2cc(OCCCOc3cc4c(cc3OC)C(=O)N3C=C(/C=C/C)C[C@H]3[C@H](O)N4C(=O)OCc3ccc(C)cc3)c(OC)cc2C(=O)N2C=C(/C=C/C)C[C@H]2[C@@H]1O. The molecule has 3 aromatic carbocycles. The average Bonchev–Trinajstić information content (AvgIpc) is 3.89. The van der Waals surface area contributed by atoms with E-state index in [0.29, 0.717) is 12.8 Å². The molecule has 4 atom stereocenters. The molecule has 0 spiro atoms. The Hall–Kier alpha value is -7.04. The number of anilines is 2. The Morgan fingerprint density at radius 3 is 1.62 bits per heavy atom. The number of hydrogen-bond acceptors (Lipinski definition) is 12. The minimum Gasteiger partial charge on any atom is -0.493 e. The van der Waals surface area contributed by atoms with Crippen molar-refractivity contribution in [3.63, 3.8) is 0 Å². The van der Waals surface area contributed by atoms with E-state index in [-0.39, 0.29) is 78.3 Å². The molecule has 4 heterocycles. The second-order valence-corrected chi connectivity index (χ2v) is 15.4. The zero-order chi connectivity index (χ0) is 45.7. The lowest BCUT2D eigenvalue weighted by Gasteiger charge is -2.31. The lowest BCUT2D eigenvalue weighted by Crippen LogP contribution is -2.50. The number of fused-ring (bicyclic) bond motifs is 4. The van der Waals surface area contributed by atoms with Crippen LogP contribution in [0.4, 0.5) is 21.0 Å². The van der Waals surface area contributed by atoms with Gasteiger partial charge in [-0.15, -0.1) is 0 Å². The van der Waals surface area contributed by atoms with Crippen LogP contribution in [0.15, 0.2) is 109 Å². The van der Waals surface area contributed by atoms with Crippen LogP contribution in [0.3, 0.4) is 0 Å². The quantitative estimate of drug-likeness (QED) is 0.124. The molecule has 0 aromatic heterocycles. The number of aliphatic hydroxyl groups excluding tert-OH is 2. The Labute approximate surface area is 371 Å². The van der Waals surface area contributed by atoms with E-state index < -0.39 is 48.5 Å². The predicted molar refractivity (Wildman–Crippen MR) is 236 cm³/mol. The van der Waals surface area contributed by atoms with Crippen LogP contribution in [0.1, 0.15) is 65.0 Å². The second kappa shape index (κ2) is 19.6. The zero-order valence-corrected chi connectivity index (χ0v) is 36.4. The summed E-state index contributed by atoms with van der Waals surface area (Å²) in [5.41, 5.74) is 3.72. The highest BCUT2D eigenvalue weighted by molar-refractivity contribution is 6.07. The van der Waals surface area contributed by atoms with Gasteiger partial charge in [0, 0.05) is 31.0 Å². The van der Waals surface area contributed by atoms with E-state index in [1.54, 1.807) is 12.4 Å². The number of amides is 4. The molecule has 0 unspecified atom stereocenters. The van der Waals surface area contributed by atoms with Crippen molar-refractivity contribution in [2.75, 3.05) is 43.8 Å². The third-order valence-corrected chi connectivity index (χ3v) is 11.2. The topological polar surface area (TPSA) is 177 Å². The zero-order valence-electron chi connectivity index (χ0n) is 36.4. The summed E-state index contributed by atoms with van der Waals surface area (Å²) >= 11 is 0. The van der Waals surface area contributed by atoms with Gasteiger partial charge < -0.3 is 48.4 Å². The number of benzene rings is 3. The highest BCUT2D eigenvalue weighted by atomic mass is 16.6. The molecule has 4 aliphatic heterocycles. The lowest BCUT2D eigenvalue weighted by atomic mass is 10.1. The maximum absolute atomic E-state index is 14.2. The second-order valence-electron chi connectivity index (χ2n) is 15.4. The predicted octanol–water partition coefficient (Wildman–Crippen LogP) is 7.15. The molecule has 0 radical (unpaired) electrons. The summed E-state index contributed by atoms with van der Waals surface area (Å²) in [4.78, 5) is 60.6. The van der Waals surface area contributed by atoms with Gasteiger partial charge in [-0.1, -0.05) is 66.8 Å². The number of allylic oxidation sites excluding steroid dienone is 4. The molecule has 336 valence electrons. The van der Waals surface area contributed by atoms with Gasteiger partial charge in [-0.2, -0.15) is 0 Å². The Bertz CT molecular complexity index is 2420. The number of carbonyl (C=O) groups excluding carboxylic acids is 4. The maximum atomic E-state index is 14.2. The van der Waals surface area contributed by atoms with Crippen molar-refractivity contribution in [3.05, 3.63) is 131 Å². The summed E-state index contributed by atoms with van der Waals surface area (Å²) in [5, 5.41) is 23.5. The maximum Gasteiger partial charge on any atom is 0.416 e. The lowest BCUT2D eigenvalue weighted by molar-refractivity contribution is 0.0545. The minimum absolute atomic E-state index is 0.0513. The molecule has 4 aliphatic rings. The molecule has 2 N–H and O–H groups in total. The number of carbonyl (C=O) groups is 4. The number of ether oxygens (including phenoxy) is 6. The van der Waals surface area contributed by atoms with Crippen molar-refractivity contribution in [1.82, 2.24) is 9.80 Å². The molecule has 0 aliphatic carbocycles. The fraction of sp³-hybridized carbons (Fsp3) is 0.333. The normalized spacial score (nSPS) is 20.2. The molecular weight excluding hydrogens is 825 g/mol. The van der Waals surface area contributed by atoms with E-state index in [1.807, 2.05) is 69.3 Å². The molecule has 0 saturated heterocycles. The molecule has 7 rings (SSSR count). The first-order valence-corrected chi connectivity index (χ1v) is 20.9. The van der Waals surface area contributed by atoms with Crippen molar-refractivity contribution in [2.45, 2.75) is 71.2 Å². The van der Waals surface area contributed by atoms with Gasteiger partial charge >= 0.3 is 12.2 Å². The fourth-order valence-electron chi connectivity index (χ4n) is 8.13. The van der Waals surface area contributed by atoms with Gasteiger partial charge in [0.2, 0.25) is 0 Å². The highest BCUT2D eigenvalue weighted by Crippen LogP contribution is 2.44. The van der Waals surface area contributed by atoms with Gasteiger partial charge in [-0.3, -0.25) is 9.59 Å². The summed E-state index contributed by atoms with van der Waals surface area (Å²) in [7, 11) is 2.84. The fourth-order valence-corrected chi connectivity index (χ4v) is 8.13. The first-order valence-electron chi connectivity index (χ1n) is 20.9.